The van der Waals surface area contributed by atoms with E-state index in [4.69, 9.17) is 5.73 Å². The van der Waals surface area contributed by atoms with Crippen LogP contribution in [0.2, 0.25) is 0 Å². The highest BCUT2D eigenvalue weighted by molar-refractivity contribution is 8.01. The maximum absolute atomic E-state index is 5.55. The molecule has 2 heterocycles. The highest BCUT2D eigenvalue weighted by atomic mass is 32.2. The Bertz CT molecular complexity index is 385. The molecule has 2 N–H and O–H groups in total. The van der Waals surface area contributed by atoms with E-state index in [2.05, 4.69) is 9.97 Å². The van der Waals surface area contributed by atoms with Crippen LogP contribution in [0.5, 0.6) is 0 Å². The van der Waals surface area contributed by atoms with Crippen molar-refractivity contribution in [3.63, 3.8) is 0 Å². The Labute approximate surface area is 84.0 Å². The zero-order chi connectivity index (χ0) is 9.10. The fourth-order valence-corrected chi connectivity index (χ4v) is 2.48. The molecule has 2 aromatic rings. The molecule has 2 rings (SSSR count). The van der Waals surface area contributed by atoms with Crippen LogP contribution in [-0.2, 0) is 0 Å². The first kappa shape index (κ1) is 8.52. The summed E-state index contributed by atoms with van der Waals surface area (Å²) in [5, 5.41) is 1.68. The topological polar surface area (TPSA) is 51.8 Å². The van der Waals surface area contributed by atoms with Crippen LogP contribution in [0.4, 0.5) is 5.00 Å². The van der Waals surface area contributed by atoms with Gasteiger partial charge in [0.1, 0.15) is 10.0 Å². The van der Waals surface area contributed by atoms with E-state index < -0.39 is 0 Å². The van der Waals surface area contributed by atoms with Gasteiger partial charge < -0.3 is 5.73 Å². The molecule has 0 bridgehead atoms. The number of hydrogen-bond donors (Lipinski definition) is 1. The third-order valence-corrected chi connectivity index (χ3v) is 3.18. The summed E-state index contributed by atoms with van der Waals surface area (Å²) in [5.41, 5.74) is 5.55. The molecule has 0 fully saturated rings. The maximum Gasteiger partial charge on any atom is 0.158 e. The molecule has 3 nitrogen and oxygen atoms in total. The van der Waals surface area contributed by atoms with E-state index in [-0.39, 0.29) is 0 Å². The van der Waals surface area contributed by atoms with Crippen molar-refractivity contribution in [1.29, 1.82) is 0 Å². The molecule has 0 atom stereocenters. The quantitative estimate of drug-likeness (QED) is 0.824. The smallest absolute Gasteiger partial charge is 0.158 e. The molecule has 0 radical (unpaired) electrons. The molecule has 0 spiro atoms. The fourth-order valence-electron chi connectivity index (χ4n) is 0.814. The first-order valence-electron chi connectivity index (χ1n) is 3.65. The summed E-state index contributed by atoms with van der Waals surface area (Å²) in [6.45, 7) is 0. The van der Waals surface area contributed by atoms with Crippen molar-refractivity contribution < 1.29 is 0 Å². The van der Waals surface area contributed by atoms with E-state index in [0.29, 0.717) is 0 Å². The predicted octanol–water partition coefficient (Wildman–Crippen LogP) is 2.27. The molecule has 0 aliphatic rings. The second kappa shape index (κ2) is 3.76. The molecule has 5 heteroatoms. The normalized spacial score (nSPS) is 10.2. The molecule has 0 aliphatic heterocycles. The van der Waals surface area contributed by atoms with Gasteiger partial charge in [0.2, 0.25) is 0 Å². The average Bonchev–Trinajstić information content (AvgIpc) is 2.53. The van der Waals surface area contributed by atoms with Gasteiger partial charge >= 0.3 is 0 Å². The highest BCUT2D eigenvalue weighted by Gasteiger charge is 2.01. The van der Waals surface area contributed by atoms with Crippen molar-refractivity contribution in [2.75, 3.05) is 5.73 Å². The summed E-state index contributed by atoms with van der Waals surface area (Å²) in [7, 11) is 0. The molecule has 66 valence electrons. The zero-order valence-electron chi connectivity index (χ0n) is 6.68. The summed E-state index contributed by atoms with van der Waals surface area (Å²) >= 11 is 3.00. The van der Waals surface area contributed by atoms with E-state index in [1.807, 2.05) is 18.2 Å². The molecule has 0 unspecified atom stereocenters. The van der Waals surface area contributed by atoms with Gasteiger partial charge in [0.25, 0.3) is 0 Å². The number of nitrogen functional groups attached to an aromatic ring is 1. The van der Waals surface area contributed by atoms with Gasteiger partial charge in [-0.25, -0.2) is 9.97 Å². The van der Waals surface area contributed by atoms with Gasteiger partial charge in [-0.1, -0.05) is 17.4 Å². The third kappa shape index (κ3) is 2.19. The summed E-state index contributed by atoms with van der Waals surface area (Å²) in [6, 6.07) is 5.79. The van der Waals surface area contributed by atoms with Gasteiger partial charge in [-0.2, -0.15) is 0 Å². The van der Waals surface area contributed by atoms with Gasteiger partial charge in [-0.3, -0.25) is 0 Å². The number of nitrogens with zero attached hydrogens (tertiary/aromatic N) is 2. The molecule has 0 saturated carbocycles. The van der Waals surface area contributed by atoms with Crippen molar-refractivity contribution in [3.05, 3.63) is 30.6 Å². The van der Waals surface area contributed by atoms with Crippen LogP contribution in [0.3, 0.4) is 0 Å². The number of anilines is 1. The molecule has 2 aromatic heterocycles. The standard InChI is InChI=1S/C8H7N3S2/c9-6-5-11-8(12-6)13-7-3-1-2-4-10-7/h1-5H,9H2. The first-order valence-corrected chi connectivity index (χ1v) is 5.28. The van der Waals surface area contributed by atoms with Gasteiger partial charge in [0.15, 0.2) is 4.34 Å². The van der Waals surface area contributed by atoms with Gasteiger partial charge in [-0.15, -0.1) is 0 Å². The maximum atomic E-state index is 5.55. The lowest BCUT2D eigenvalue weighted by atomic mass is 10.5. The van der Waals surface area contributed by atoms with E-state index in [0.717, 1.165) is 14.4 Å². The summed E-state index contributed by atoms with van der Waals surface area (Å²) < 4.78 is 0.927. The molecule has 13 heavy (non-hydrogen) atoms. The Kier molecular flexibility index (Phi) is 2.47. The first-order chi connectivity index (χ1) is 6.34. The minimum atomic E-state index is 0.735. The van der Waals surface area contributed by atoms with E-state index in [1.54, 1.807) is 12.4 Å². The van der Waals surface area contributed by atoms with E-state index in [9.17, 15) is 0 Å². The lowest BCUT2D eigenvalue weighted by Crippen LogP contribution is -1.75. The Morgan fingerprint density at radius 2 is 2.23 bits per heavy atom. The fraction of sp³-hybridized carbons (Fsp3) is 0. The lowest BCUT2D eigenvalue weighted by Gasteiger charge is -1.93. The number of aromatic nitrogens is 2. The van der Waals surface area contributed by atoms with Crippen LogP contribution in [0.25, 0.3) is 0 Å². The number of hydrogen-bond acceptors (Lipinski definition) is 5. The number of thiazole rings is 1. The average molecular weight is 209 g/mol. The van der Waals surface area contributed by atoms with Crippen molar-refractivity contribution in [3.8, 4) is 0 Å². The predicted molar refractivity (Wildman–Crippen MR) is 54.9 cm³/mol. The Morgan fingerprint density at radius 3 is 2.85 bits per heavy atom. The molecule has 0 saturated heterocycles. The molecule has 0 amide bonds. The van der Waals surface area contributed by atoms with Gasteiger partial charge in [0.05, 0.1) is 6.20 Å². The van der Waals surface area contributed by atoms with E-state index in [1.165, 1.54) is 23.1 Å². The molecule has 0 aromatic carbocycles. The van der Waals surface area contributed by atoms with Crippen LogP contribution in [0, 0.1) is 0 Å². The molecular formula is C8H7N3S2. The van der Waals surface area contributed by atoms with Crippen LogP contribution in [0.1, 0.15) is 0 Å². The van der Waals surface area contributed by atoms with Gasteiger partial charge in [-0.05, 0) is 23.9 Å². The van der Waals surface area contributed by atoms with Crippen LogP contribution in [-0.4, -0.2) is 9.97 Å². The van der Waals surface area contributed by atoms with Crippen LogP contribution in [0.15, 0.2) is 40.0 Å². The minimum Gasteiger partial charge on any atom is -0.389 e. The highest BCUT2D eigenvalue weighted by Crippen LogP contribution is 2.30. The monoisotopic (exact) mass is 209 g/mol. The molecular weight excluding hydrogens is 202 g/mol. The molecule has 0 aliphatic carbocycles. The number of rotatable bonds is 2. The zero-order valence-corrected chi connectivity index (χ0v) is 8.31. The van der Waals surface area contributed by atoms with Crippen LogP contribution < -0.4 is 5.73 Å². The third-order valence-electron chi connectivity index (χ3n) is 1.33. The number of pyridine rings is 1. The second-order valence-corrected chi connectivity index (χ2v) is 4.63. The lowest BCUT2D eigenvalue weighted by molar-refractivity contribution is 1.12. The Morgan fingerprint density at radius 1 is 1.31 bits per heavy atom. The Hall–Kier alpha value is -1.07. The van der Waals surface area contributed by atoms with Crippen molar-refractivity contribution in [1.82, 2.24) is 9.97 Å². The summed E-state index contributed by atoms with van der Waals surface area (Å²) in [5.74, 6) is 0. The Balaban J connectivity index is 2.15. The van der Waals surface area contributed by atoms with Gasteiger partial charge in [0, 0.05) is 6.20 Å². The van der Waals surface area contributed by atoms with Crippen molar-refractivity contribution >= 4 is 28.1 Å². The summed E-state index contributed by atoms with van der Waals surface area (Å²) in [6.07, 6.45) is 3.43. The SMILES string of the molecule is Nc1cnc(Sc2ccccn2)s1. The number of nitrogens with two attached hydrogens (primary N) is 1. The largest absolute Gasteiger partial charge is 0.389 e. The van der Waals surface area contributed by atoms with Crippen LogP contribution >= 0.6 is 23.1 Å². The van der Waals surface area contributed by atoms with Crippen molar-refractivity contribution in [2.45, 2.75) is 9.37 Å². The summed E-state index contributed by atoms with van der Waals surface area (Å²) in [4.78, 5) is 8.30. The second-order valence-electron chi connectivity index (χ2n) is 2.30. The van der Waals surface area contributed by atoms with E-state index >= 15 is 0 Å². The minimum absolute atomic E-state index is 0.735. The van der Waals surface area contributed by atoms with Crippen molar-refractivity contribution in [2.24, 2.45) is 0 Å².